The van der Waals surface area contributed by atoms with Crippen LogP contribution in [0.5, 0.6) is 0 Å². The van der Waals surface area contributed by atoms with E-state index < -0.39 is 0 Å². The van der Waals surface area contributed by atoms with Crippen molar-refractivity contribution in [2.45, 2.75) is 0 Å². The first-order valence-corrected chi connectivity index (χ1v) is 34.7. The van der Waals surface area contributed by atoms with Crippen molar-refractivity contribution >= 4 is 162 Å². The van der Waals surface area contributed by atoms with Crippen LogP contribution < -0.4 is 0 Å². The third-order valence-electron chi connectivity index (χ3n) is 20.8. The number of hydrogen-bond donors (Lipinski definition) is 0. The molecular weight excluding hydrogens is 1240 g/mol. The third kappa shape index (κ3) is 8.19. The van der Waals surface area contributed by atoms with Gasteiger partial charge in [0.05, 0.1) is 44.1 Å². The van der Waals surface area contributed by atoms with E-state index in [9.17, 15) is 0 Å². The average molecular weight is 1290 g/mol. The zero-order valence-corrected chi connectivity index (χ0v) is 54.3. The molecule has 0 saturated carbocycles. The molecule has 22 rings (SSSR count). The van der Waals surface area contributed by atoms with E-state index in [4.69, 9.17) is 24.4 Å². The number of para-hydroxylation sites is 4. The Morgan fingerprint density at radius 3 is 1.52 bits per heavy atom. The molecule has 22 aromatic rings. The fraction of sp³-hybridized carbons (Fsp3) is 0. The SMILES string of the molecule is c1ccc(-c2cccc3c2c2cc4ccccc4cc2n3-c2nc3cccc(-c4ccc5cc(-c6cccc7c6c6cc8ccccc8cc6n7-c6nc7ccccc7nc6-c6ccc7oc8ccccc8c7c6)c6ccccc6c5c4)c3nc2-c2ccc3sc4ccccc4c3c2)cc1. The van der Waals surface area contributed by atoms with Gasteiger partial charge in [-0.25, -0.2) is 19.9 Å². The summed E-state index contributed by atoms with van der Waals surface area (Å²) in [4.78, 5) is 23.0. The van der Waals surface area contributed by atoms with Crippen LogP contribution in [0.4, 0.5) is 0 Å². The van der Waals surface area contributed by atoms with Gasteiger partial charge in [-0.1, -0.05) is 206 Å². The molecule has 0 N–H and O–H groups in total. The Labute approximate surface area is 575 Å². The van der Waals surface area contributed by atoms with E-state index in [-0.39, 0.29) is 0 Å². The second kappa shape index (κ2) is 21.2. The molecule has 0 aliphatic heterocycles. The Balaban J connectivity index is 0.754. The van der Waals surface area contributed by atoms with Gasteiger partial charge in [0, 0.05) is 69.2 Å². The maximum absolute atomic E-state index is 6.37. The van der Waals surface area contributed by atoms with E-state index in [1.54, 1.807) is 0 Å². The van der Waals surface area contributed by atoms with Crippen molar-refractivity contribution in [2.75, 3.05) is 0 Å². The second-order valence-corrected chi connectivity index (χ2v) is 27.4. The second-order valence-electron chi connectivity index (χ2n) is 26.3. The number of nitrogens with zero attached hydrogens (tertiary/aromatic N) is 6. The topological polar surface area (TPSA) is 74.6 Å². The highest BCUT2D eigenvalue weighted by Gasteiger charge is 2.27. The maximum atomic E-state index is 6.37. The van der Waals surface area contributed by atoms with E-state index in [2.05, 4.69) is 300 Å². The van der Waals surface area contributed by atoms with Gasteiger partial charge in [-0.2, -0.15) is 0 Å². The van der Waals surface area contributed by atoms with Gasteiger partial charge in [0.2, 0.25) is 0 Å². The molecule has 16 aromatic carbocycles. The molecule has 0 spiro atoms. The zero-order valence-electron chi connectivity index (χ0n) is 53.5. The van der Waals surface area contributed by atoms with Gasteiger partial charge in [0.25, 0.3) is 0 Å². The largest absolute Gasteiger partial charge is 0.456 e. The highest BCUT2D eigenvalue weighted by molar-refractivity contribution is 7.25. The molecule has 0 saturated heterocycles. The average Bonchev–Trinajstić information content (AvgIpc) is 1.58. The minimum Gasteiger partial charge on any atom is -0.456 e. The van der Waals surface area contributed by atoms with Crippen LogP contribution in [0, 0.1) is 0 Å². The Hall–Kier alpha value is -13.1. The number of thiophene rings is 1. The fourth-order valence-corrected chi connectivity index (χ4v) is 17.4. The van der Waals surface area contributed by atoms with Gasteiger partial charge >= 0.3 is 0 Å². The van der Waals surface area contributed by atoms with E-state index in [0.717, 1.165) is 177 Å². The first kappa shape index (κ1) is 55.0. The molecule has 0 amide bonds. The summed E-state index contributed by atoms with van der Waals surface area (Å²) in [6.07, 6.45) is 0. The summed E-state index contributed by atoms with van der Waals surface area (Å²) in [6.45, 7) is 0. The van der Waals surface area contributed by atoms with E-state index in [0.29, 0.717) is 0 Å². The fourth-order valence-electron chi connectivity index (χ4n) is 16.3. The van der Waals surface area contributed by atoms with Gasteiger partial charge in [0.15, 0.2) is 11.6 Å². The molecule has 8 heteroatoms. The number of fused-ring (bicyclic) bond motifs is 19. The van der Waals surface area contributed by atoms with Crippen molar-refractivity contribution in [1.29, 1.82) is 0 Å². The summed E-state index contributed by atoms with van der Waals surface area (Å²) in [7, 11) is 0. The van der Waals surface area contributed by atoms with E-state index in [1.165, 1.54) is 41.9 Å². The molecule has 0 radical (unpaired) electrons. The molecule has 0 atom stereocenters. The molecule has 7 nitrogen and oxygen atoms in total. The predicted octanol–water partition coefficient (Wildman–Crippen LogP) is 25.0. The summed E-state index contributed by atoms with van der Waals surface area (Å²) in [6, 6.07) is 114. The van der Waals surface area contributed by atoms with Crippen LogP contribution in [0.25, 0.3) is 218 Å². The van der Waals surface area contributed by atoms with Gasteiger partial charge in [-0.05, 0) is 180 Å². The molecule has 6 heterocycles. The van der Waals surface area contributed by atoms with Crippen LogP contribution >= 0.6 is 11.3 Å². The van der Waals surface area contributed by atoms with Crippen LogP contribution in [0.1, 0.15) is 0 Å². The molecule has 0 bridgehead atoms. The first-order chi connectivity index (χ1) is 49.5. The molecule has 462 valence electrons. The summed E-state index contributed by atoms with van der Waals surface area (Å²) < 4.78 is 13.6. The molecule has 6 aromatic heterocycles. The Bertz CT molecular complexity index is 7300. The number of hydrogen-bond acceptors (Lipinski definition) is 6. The van der Waals surface area contributed by atoms with E-state index >= 15 is 0 Å². The molecule has 100 heavy (non-hydrogen) atoms. The molecular formula is C92H52N6OS. The van der Waals surface area contributed by atoms with Crippen molar-refractivity contribution in [2.24, 2.45) is 0 Å². The lowest BCUT2D eigenvalue weighted by Gasteiger charge is -2.17. The van der Waals surface area contributed by atoms with Crippen LogP contribution in [0.15, 0.2) is 320 Å². The number of benzene rings is 16. The molecule has 0 aliphatic carbocycles. The number of furan rings is 1. The smallest absolute Gasteiger partial charge is 0.165 e. The Morgan fingerprint density at radius 2 is 0.770 bits per heavy atom. The number of rotatable bonds is 7. The maximum Gasteiger partial charge on any atom is 0.165 e. The van der Waals surface area contributed by atoms with Gasteiger partial charge in [0.1, 0.15) is 22.6 Å². The molecule has 0 aliphatic rings. The number of aromatic nitrogens is 6. The summed E-state index contributed by atoms with van der Waals surface area (Å²) >= 11 is 1.83. The minimum atomic E-state index is 0.755. The lowest BCUT2D eigenvalue weighted by molar-refractivity contribution is 0.669. The van der Waals surface area contributed by atoms with Crippen LogP contribution in [0.2, 0.25) is 0 Å². The standard InChI is InChI=1S/C92H52N6OS/c1-2-19-53(20-3-1)62-29-17-35-78-86(62)73-45-54-21-4-6-23-56(54)51-80(73)97(78)92-89(61-42-44-85-72(50-61)67-28-11-15-38-84(67)100-85)96-90-63(30-16-34-77(90)95-92)58-39-40-59-48-70(65-26-9-8-25-64(65)69(59)47-58)68-31-18-36-79-87(68)74-46-55-22-5-7-24-57(55)52-81(74)98(79)91-88(93-75-32-12-13-33-76(75)94-91)60-41-43-83-71(49-60)66-27-10-14-37-82(66)99-83/h1-52H. The predicted molar refractivity (Wildman–Crippen MR) is 419 cm³/mol. The van der Waals surface area contributed by atoms with Crippen molar-refractivity contribution in [3.05, 3.63) is 315 Å². The van der Waals surface area contributed by atoms with E-state index in [1.807, 2.05) is 35.6 Å². The quantitative estimate of drug-likeness (QED) is 0.149. The van der Waals surface area contributed by atoms with Crippen molar-refractivity contribution in [3.63, 3.8) is 0 Å². The summed E-state index contributed by atoms with van der Waals surface area (Å²) in [5.74, 6) is 1.53. The zero-order chi connectivity index (χ0) is 65.3. The summed E-state index contributed by atoms with van der Waals surface area (Å²) in [5.41, 5.74) is 19.4. The van der Waals surface area contributed by atoms with Gasteiger partial charge < -0.3 is 4.42 Å². The van der Waals surface area contributed by atoms with Crippen LogP contribution in [-0.4, -0.2) is 29.1 Å². The van der Waals surface area contributed by atoms with Crippen molar-refractivity contribution < 1.29 is 4.42 Å². The highest BCUT2D eigenvalue weighted by Crippen LogP contribution is 2.48. The third-order valence-corrected chi connectivity index (χ3v) is 22.0. The lowest BCUT2D eigenvalue weighted by Crippen LogP contribution is -2.04. The monoisotopic (exact) mass is 1290 g/mol. The normalized spacial score (nSPS) is 12.2. The van der Waals surface area contributed by atoms with Crippen LogP contribution in [-0.2, 0) is 0 Å². The highest BCUT2D eigenvalue weighted by atomic mass is 32.1. The van der Waals surface area contributed by atoms with Crippen molar-refractivity contribution in [1.82, 2.24) is 29.1 Å². The van der Waals surface area contributed by atoms with Gasteiger partial charge in [-0.3, -0.25) is 9.13 Å². The first-order valence-electron chi connectivity index (χ1n) is 33.9. The van der Waals surface area contributed by atoms with Gasteiger partial charge in [-0.15, -0.1) is 11.3 Å². The Morgan fingerprint density at radius 1 is 0.250 bits per heavy atom. The molecule has 0 fully saturated rings. The minimum absolute atomic E-state index is 0.755. The van der Waals surface area contributed by atoms with Crippen LogP contribution in [0.3, 0.4) is 0 Å². The molecule has 0 unspecified atom stereocenters. The lowest BCUT2D eigenvalue weighted by atomic mass is 9.89. The van der Waals surface area contributed by atoms with Crippen molar-refractivity contribution in [3.8, 4) is 67.5 Å². The Kier molecular flexibility index (Phi) is 11.7. The summed E-state index contributed by atoms with van der Waals surface area (Å²) in [5, 5.41) is 18.4.